The van der Waals surface area contributed by atoms with E-state index in [-0.39, 0.29) is 30.2 Å². The van der Waals surface area contributed by atoms with Gasteiger partial charge in [-0.3, -0.25) is 9.59 Å². The van der Waals surface area contributed by atoms with Gasteiger partial charge < -0.3 is 19.9 Å². The average Bonchev–Trinajstić information content (AvgIpc) is 3.34. The Balaban J connectivity index is 1.45. The molecule has 0 spiro atoms. The molecule has 1 aromatic heterocycles. The zero-order chi connectivity index (χ0) is 19.2. The topological polar surface area (TPSA) is 91.8 Å². The standard InChI is InChI=1S/C18H26N4O4S/c1-2-26-18(25)22-9-7-21(8-10-22)15(23)11-14-12-27-17(19-14)20-16(24)13-5-3-4-6-13/h12-13H,2-11H2,1H3,(H,19,20,24). The summed E-state index contributed by atoms with van der Waals surface area (Å²) >= 11 is 1.35. The smallest absolute Gasteiger partial charge is 0.409 e. The van der Waals surface area contributed by atoms with Crippen LogP contribution in [0, 0.1) is 5.92 Å². The van der Waals surface area contributed by atoms with E-state index < -0.39 is 0 Å². The van der Waals surface area contributed by atoms with Gasteiger partial charge in [0.1, 0.15) is 0 Å². The van der Waals surface area contributed by atoms with Crippen molar-refractivity contribution >= 4 is 34.4 Å². The summed E-state index contributed by atoms with van der Waals surface area (Å²) < 4.78 is 4.98. The molecule has 0 unspecified atom stereocenters. The van der Waals surface area contributed by atoms with Crippen LogP contribution in [0.25, 0.3) is 0 Å². The van der Waals surface area contributed by atoms with Crippen molar-refractivity contribution in [2.24, 2.45) is 5.92 Å². The van der Waals surface area contributed by atoms with Gasteiger partial charge in [-0.25, -0.2) is 9.78 Å². The minimum atomic E-state index is -0.327. The number of carbonyl (C=O) groups excluding carboxylic acids is 3. The Morgan fingerprint density at radius 2 is 1.85 bits per heavy atom. The lowest BCUT2D eigenvalue weighted by Crippen LogP contribution is -2.51. The molecule has 1 N–H and O–H groups in total. The molecule has 1 saturated heterocycles. The largest absolute Gasteiger partial charge is 0.450 e. The third kappa shape index (κ3) is 5.18. The summed E-state index contributed by atoms with van der Waals surface area (Å²) in [7, 11) is 0. The summed E-state index contributed by atoms with van der Waals surface area (Å²) in [5, 5.41) is 5.25. The normalized spacial score (nSPS) is 17.8. The molecular formula is C18H26N4O4S. The monoisotopic (exact) mass is 394 g/mol. The van der Waals surface area contributed by atoms with E-state index in [4.69, 9.17) is 4.74 Å². The first-order valence-corrected chi connectivity index (χ1v) is 10.4. The van der Waals surface area contributed by atoms with Crippen molar-refractivity contribution in [3.63, 3.8) is 0 Å². The molecule has 1 aliphatic carbocycles. The number of rotatable bonds is 5. The highest BCUT2D eigenvalue weighted by atomic mass is 32.1. The number of piperazine rings is 1. The molecule has 8 nitrogen and oxygen atoms in total. The zero-order valence-electron chi connectivity index (χ0n) is 15.6. The molecule has 0 radical (unpaired) electrons. The fourth-order valence-electron chi connectivity index (χ4n) is 3.46. The van der Waals surface area contributed by atoms with Gasteiger partial charge in [0.05, 0.1) is 18.7 Å². The first-order chi connectivity index (χ1) is 13.1. The minimum absolute atomic E-state index is 0.0162. The molecule has 0 atom stereocenters. The fraction of sp³-hybridized carbons (Fsp3) is 0.667. The highest BCUT2D eigenvalue weighted by Gasteiger charge is 2.26. The number of anilines is 1. The van der Waals surface area contributed by atoms with E-state index in [0.717, 1.165) is 25.7 Å². The number of hydrogen-bond donors (Lipinski definition) is 1. The van der Waals surface area contributed by atoms with Crippen LogP contribution < -0.4 is 5.32 Å². The van der Waals surface area contributed by atoms with Gasteiger partial charge in [-0.05, 0) is 19.8 Å². The number of amides is 3. The molecule has 1 aliphatic heterocycles. The van der Waals surface area contributed by atoms with Crippen LogP contribution in [0.15, 0.2) is 5.38 Å². The number of aromatic nitrogens is 1. The molecule has 3 amide bonds. The second-order valence-electron chi connectivity index (χ2n) is 6.86. The van der Waals surface area contributed by atoms with E-state index in [9.17, 15) is 14.4 Å². The lowest BCUT2D eigenvalue weighted by atomic mass is 10.1. The molecule has 0 bridgehead atoms. The molecule has 9 heteroatoms. The number of thiazole rings is 1. The second kappa shape index (κ2) is 9.16. The SMILES string of the molecule is CCOC(=O)N1CCN(C(=O)Cc2csc(NC(=O)C3CCCC3)n2)CC1. The predicted octanol–water partition coefficient (Wildman–Crippen LogP) is 2.11. The summed E-state index contributed by atoms with van der Waals surface area (Å²) in [6.45, 7) is 4.06. The Morgan fingerprint density at radius 3 is 2.52 bits per heavy atom. The Morgan fingerprint density at radius 1 is 1.19 bits per heavy atom. The lowest BCUT2D eigenvalue weighted by Gasteiger charge is -2.34. The van der Waals surface area contributed by atoms with E-state index in [2.05, 4.69) is 10.3 Å². The van der Waals surface area contributed by atoms with E-state index in [1.165, 1.54) is 11.3 Å². The first kappa shape index (κ1) is 19.6. The summed E-state index contributed by atoms with van der Waals surface area (Å²) in [6, 6.07) is 0. The van der Waals surface area contributed by atoms with Gasteiger partial charge in [-0.15, -0.1) is 11.3 Å². The fourth-order valence-corrected chi connectivity index (χ4v) is 4.17. The van der Waals surface area contributed by atoms with Crippen molar-refractivity contribution in [2.75, 3.05) is 38.1 Å². The molecule has 27 heavy (non-hydrogen) atoms. The van der Waals surface area contributed by atoms with Gasteiger partial charge in [0, 0.05) is 37.5 Å². The summed E-state index contributed by atoms with van der Waals surface area (Å²) in [5.41, 5.74) is 0.666. The third-order valence-corrected chi connectivity index (χ3v) is 5.81. The molecule has 3 rings (SSSR count). The number of nitrogens with zero attached hydrogens (tertiary/aromatic N) is 3. The number of carbonyl (C=O) groups is 3. The quantitative estimate of drug-likeness (QED) is 0.826. The van der Waals surface area contributed by atoms with Crippen molar-refractivity contribution in [1.82, 2.24) is 14.8 Å². The first-order valence-electron chi connectivity index (χ1n) is 9.51. The van der Waals surface area contributed by atoms with Gasteiger partial charge in [-0.1, -0.05) is 12.8 Å². The lowest BCUT2D eigenvalue weighted by molar-refractivity contribution is -0.132. The van der Waals surface area contributed by atoms with Gasteiger partial charge in [-0.2, -0.15) is 0 Å². The van der Waals surface area contributed by atoms with Crippen LogP contribution in [0.4, 0.5) is 9.93 Å². The number of nitrogens with one attached hydrogen (secondary N) is 1. The van der Waals surface area contributed by atoms with Crippen LogP contribution in [0.3, 0.4) is 0 Å². The summed E-state index contributed by atoms with van der Waals surface area (Å²) in [6.07, 6.45) is 3.99. The minimum Gasteiger partial charge on any atom is -0.450 e. The molecule has 148 valence electrons. The van der Waals surface area contributed by atoms with Crippen LogP contribution in [-0.2, 0) is 20.7 Å². The predicted molar refractivity (Wildman–Crippen MR) is 102 cm³/mol. The van der Waals surface area contributed by atoms with Gasteiger partial charge in [0.15, 0.2) is 5.13 Å². The second-order valence-corrected chi connectivity index (χ2v) is 7.72. The Bertz CT molecular complexity index is 679. The van der Waals surface area contributed by atoms with Crippen LogP contribution >= 0.6 is 11.3 Å². The molecule has 2 fully saturated rings. The van der Waals surface area contributed by atoms with Gasteiger partial charge in [0.2, 0.25) is 11.8 Å². The number of hydrogen-bond acceptors (Lipinski definition) is 6. The maximum atomic E-state index is 12.5. The zero-order valence-corrected chi connectivity index (χ0v) is 16.4. The Kier molecular flexibility index (Phi) is 6.65. The van der Waals surface area contributed by atoms with E-state index >= 15 is 0 Å². The van der Waals surface area contributed by atoms with Crippen molar-refractivity contribution < 1.29 is 19.1 Å². The third-order valence-electron chi connectivity index (χ3n) is 5.00. The van der Waals surface area contributed by atoms with Gasteiger partial charge >= 0.3 is 6.09 Å². The Hall–Kier alpha value is -2.16. The van der Waals surface area contributed by atoms with Crippen molar-refractivity contribution in [2.45, 2.75) is 39.0 Å². The maximum Gasteiger partial charge on any atom is 0.409 e. The molecule has 1 aromatic rings. The highest BCUT2D eigenvalue weighted by Crippen LogP contribution is 2.26. The molecule has 1 saturated carbocycles. The maximum absolute atomic E-state index is 12.5. The molecule has 0 aromatic carbocycles. The van der Waals surface area contributed by atoms with E-state index in [0.29, 0.717) is 43.6 Å². The van der Waals surface area contributed by atoms with Crippen LogP contribution in [0.1, 0.15) is 38.3 Å². The number of ether oxygens (including phenoxy) is 1. The van der Waals surface area contributed by atoms with Gasteiger partial charge in [0.25, 0.3) is 0 Å². The molecular weight excluding hydrogens is 368 g/mol. The van der Waals surface area contributed by atoms with Crippen molar-refractivity contribution in [3.8, 4) is 0 Å². The van der Waals surface area contributed by atoms with E-state index in [1.54, 1.807) is 16.7 Å². The average molecular weight is 394 g/mol. The summed E-state index contributed by atoms with van der Waals surface area (Å²) in [5.74, 6) is 0.113. The summed E-state index contributed by atoms with van der Waals surface area (Å²) in [4.78, 5) is 44.1. The Labute approximate surface area is 162 Å². The van der Waals surface area contributed by atoms with E-state index in [1.807, 2.05) is 5.38 Å². The van der Waals surface area contributed by atoms with Crippen LogP contribution in [0.5, 0.6) is 0 Å². The van der Waals surface area contributed by atoms with Crippen LogP contribution in [-0.4, -0.2) is 65.5 Å². The molecule has 2 aliphatic rings. The van der Waals surface area contributed by atoms with Crippen molar-refractivity contribution in [3.05, 3.63) is 11.1 Å². The highest BCUT2D eigenvalue weighted by molar-refractivity contribution is 7.13. The van der Waals surface area contributed by atoms with Crippen LogP contribution in [0.2, 0.25) is 0 Å². The molecule has 2 heterocycles. The van der Waals surface area contributed by atoms with Crippen molar-refractivity contribution in [1.29, 1.82) is 0 Å².